The van der Waals surface area contributed by atoms with E-state index in [-0.39, 0.29) is 11.8 Å². The number of benzene rings is 1. The second kappa shape index (κ2) is 7.43. The van der Waals surface area contributed by atoms with Gasteiger partial charge in [0.05, 0.1) is 16.0 Å². The molecule has 1 aromatic heterocycles. The lowest BCUT2D eigenvalue weighted by Gasteiger charge is -2.08. The Bertz CT molecular complexity index is 706. The fraction of sp³-hybridized carbons (Fsp3) is 0.385. The summed E-state index contributed by atoms with van der Waals surface area (Å²) >= 11 is 8.82. The molecular formula is C13H13ClN4O3S2. The Hall–Kier alpha value is -1.42. The first kappa shape index (κ1) is 16.4. The Balaban J connectivity index is 1.61. The second-order valence-corrected chi connectivity index (χ2v) is 7.54. The van der Waals surface area contributed by atoms with Crippen LogP contribution in [-0.4, -0.2) is 34.4 Å². The van der Waals surface area contributed by atoms with E-state index in [0.717, 1.165) is 35.5 Å². The van der Waals surface area contributed by atoms with E-state index in [1.807, 2.05) is 0 Å². The molecule has 0 aliphatic carbocycles. The fourth-order valence-electron chi connectivity index (χ4n) is 2.11. The van der Waals surface area contributed by atoms with Gasteiger partial charge in [0.1, 0.15) is 0 Å². The molecule has 0 saturated carbocycles. The number of nitro benzene ring substituents is 1. The number of nitrogens with one attached hydrogen (secondary N) is 1. The number of rotatable bonds is 6. The topological polar surface area (TPSA) is 90.2 Å². The maximum Gasteiger partial charge on any atom is 0.270 e. The SMILES string of the molecule is O=[N+]([O-])c1ccc(Sc2nnc(NCC3CCCO3)s2)c(Cl)c1. The van der Waals surface area contributed by atoms with Crippen molar-refractivity contribution in [3.8, 4) is 0 Å². The van der Waals surface area contributed by atoms with Crippen LogP contribution in [0.2, 0.25) is 5.02 Å². The van der Waals surface area contributed by atoms with Gasteiger partial charge in [0.15, 0.2) is 4.34 Å². The minimum atomic E-state index is -0.474. The van der Waals surface area contributed by atoms with Crippen LogP contribution in [0.3, 0.4) is 0 Å². The summed E-state index contributed by atoms with van der Waals surface area (Å²) in [5.74, 6) is 0. The van der Waals surface area contributed by atoms with E-state index < -0.39 is 4.92 Å². The van der Waals surface area contributed by atoms with Crippen molar-refractivity contribution in [2.45, 2.75) is 28.2 Å². The van der Waals surface area contributed by atoms with Crippen LogP contribution in [0.5, 0.6) is 0 Å². The van der Waals surface area contributed by atoms with E-state index in [2.05, 4.69) is 15.5 Å². The van der Waals surface area contributed by atoms with Gasteiger partial charge in [-0.2, -0.15) is 0 Å². The number of halogens is 1. The third kappa shape index (κ3) is 4.31. The summed E-state index contributed by atoms with van der Waals surface area (Å²) in [6.45, 7) is 1.54. The van der Waals surface area contributed by atoms with Crippen LogP contribution in [0.25, 0.3) is 0 Å². The average molecular weight is 373 g/mol. The van der Waals surface area contributed by atoms with E-state index in [1.54, 1.807) is 6.07 Å². The molecule has 10 heteroatoms. The van der Waals surface area contributed by atoms with Crippen molar-refractivity contribution in [1.29, 1.82) is 0 Å². The van der Waals surface area contributed by atoms with Gasteiger partial charge < -0.3 is 10.1 Å². The van der Waals surface area contributed by atoms with Gasteiger partial charge in [-0.3, -0.25) is 10.1 Å². The Labute approximate surface area is 145 Å². The summed E-state index contributed by atoms with van der Waals surface area (Å²) in [4.78, 5) is 10.9. The van der Waals surface area contributed by atoms with E-state index in [1.165, 1.54) is 35.2 Å². The molecular weight excluding hydrogens is 360 g/mol. The lowest BCUT2D eigenvalue weighted by atomic mass is 10.2. The minimum absolute atomic E-state index is 0.0319. The molecule has 0 amide bonds. The number of nitrogens with zero attached hydrogens (tertiary/aromatic N) is 3. The summed E-state index contributed by atoms with van der Waals surface area (Å²) < 4.78 is 6.26. The van der Waals surface area contributed by atoms with E-state index in [4.69, 9.17) is 16.3 Å². The van der Waals surface area contributed by atoms with Crippen molar-refractivity contribution in [3.63, 3.8) is 0 Å². The maximum absolute atomic E-state index is 10.7. The summed E-state index contributed by atoms with van der Waals surface area (Å²) in [6.07, 6.45) is 2.40. The minimum Gasteiger partial charge on any atom is -0.376 e. The van der Waals surface area contributed by atoms with Gasteiger partial charge in [0.25, 0.3) is 5.69 Å². The standard InChI is InChI=1S/C13H13ClN4O3S2/c14-10-6-8(18(19)20)3-4-11(10)22-13-17-16-12(23-13)15-7-9-2-1-5-21-9/h3-4,6,9H,1-2,5,7H2,(H,15,16). The number of hydrogen-bond donors (Lipinski definition) is 1. The van der Waals surface area contributed by atoms with Crippen LogP contribution in [-0.2, 0) is 4.74 Å². The molecule has 2 heterocycles. The zero-order valence-corrected chi connectivity index (χ0v) is 14.3. The zero-order chi connectivity index (χ0) is 16.2. The van der Waals surface area contributed by atoms with Crippen LogP contribution < -0.4 is 5.32 Å². The van der Waals surface area contributed by atoms with E-state index in [9.17, 15) is 10.1 Å². The first-order chi connectivity index (χ1) is 11.1. The highest BCUT2D eigenvalue weighted by Crippen LogP contribution is 2.37. The van der Waals surface area contributed by atoms with Crippen molar-refractivity contribution < 1.29 is 9.66 Å². The van der Waals surface area contributed by atoms with E-state index in [0.29, 0.717) is 9.92 Å². The quantitative estimate of drug-likeness (QED) is 0.608. The zero-order valence-electron chi connectivity index (χ0n) is 11.9. The first-order valence-electron chi connectivity index (χ1n) is 6.92. The molecule has 0 spiro atoms. The number of aromatic nitrogens is 2. The monoisotopic (exact) mass is 372 g/mol. The molecule has 7 nitrogen and oxygen atoms in total. The summed E-state index contributed by atoms with van der Waals surface area (Å²) in [5, 5.41) is 23.1. The first-order valence-corrected chi connectivity index (χ1v) is 8.93. The van der Waals surface area contributed by atoms with Crippen LogP contribution in [0, 0.1) is 10.1 Å². The highest BCUT2D eigenvalue weighted by molar-refractivity contribution is 8.01. The number of ether oxygens (including phenoxy) is 1. The molecule has 1 N–H and O–H groups in total. The number of non-ortho nitro benzene ring substituents is 1. The number of hydrogen-bond acceptors (Lipinski definition) is 8. The highest BCUT2D eigenvalue weighted by Gasteiger charge is 2.16. The molecule has 3 rings (SSSR count). The van der Waals surface area contributed by atoms with E-state index >= 15 is 0 Å². The van der Waals surface area contributed by atoms with Crippen LogP contribution in [0.1, 0.15) is 12.8 Å². The highest BCUT2D eigenvalue weighted by atomic mass is 35.5. The second-order valence-electron chi connectivity index (χ2n) is 4.86. The lowest BCUT2D eigenvalue weighted by Crippen LogP contribution is -2.18. The Morgan fingerprint density at radius 1 is 1.52 bits per heavy atom. The Morgan fingerprint density at radius 3 is 3.09 bits per heavy atom. The largest absolute Gasteiger partial charge is 0.376 e. The van der Waals surface area contributed by atoms with Gasteiger partial charge in [-0.05, 0) is 18.9 Å². The van der Waals surface area contributed by atoms with Crippen LogP contribution in [0.15, 0.2) is 27.4 Å². The fourth-order valence-corrected chi connectivity index (χ4v) is 4.12. The average Bonchev–Trinajstić information content (AvgIpc) is 3.18. The number of nitro groups is 1. The molecule has 1 saturated heterocycles. The third-order valence-corrected chi connectivity index (χ3v) is 5.67. The van der Waals surface area contributed by atoms with Gasteiger partial charge >= 0.3 is 0 Å². The molecule has 1 atom stereocenters. The molecule has 2 aromatic rings. The van der Waals surface area contributed by atoms with Gasteiger partial charge in [0, 0.05) is 30.2 Å². The van der Waals surface area contributed by atoms with Crippen molar-refractivity contribution in [2.75, 3.05) is 18.5 Å². The maximum atomic E-state index is 10.7. The molecule has 0 bridgehead atoms. The van der Waals surface area contributed by atoms with Crippen molar-refractivity contribution >= 4 is 45.5 Å². The predicted octanol–water partition coefficient (Wildman–Crippen LogP) is 3.84. The van der Waals surface area contributed by atoms with Gasteiger partial charge in [-0.1, -0.05) is 34.7 Å². The molecule has 1 aliphatic heterocycles. The number of anilines is 1. The van der Waals surface area contributed by atoms with Gasteiger partial charge in [-0.25, -0.2) is 0 Å². The lowest BCUT2D eigenvalue weighted by molar-refractivity contribution is -0.384. The van der Waals surface area contributed by atoms with Crippen molar-refractivity contribution in [2.24, 2.45) is 0 Å². The van der Waals surface area contributed by atoms with Crippen molar-refractivity contribution in [3.05, 3.63) is 33.3 Å². The summed E-state index contributed by atoms with van der Waals surface area (Å²) in [6, 6.07) is 4.37. The van der Waals surface area contributed by atoms with Crippen LogP contribution in [0.4, 0.5) is 10.8 Å². The molecule has 122 valence electrons. The summed E-state index contributed by atoms with van der Waals surface area (Å²) in [7, 11) is 0. The normalized spacial score (nSPS) is 17.3. The van der Waals surface area contributed by atoms with Crippen LogP contribution >= 0.6 is 34.7 Å². The molecule has 1 fully saturated rings. The molecule has 1 aromatic carbocycles. The van der Waals surface area contributed by atoms with Crippen molar-refractivity contribution in [1.82, 2.24) is 10.2 Å². The summed E-state index contributed by atoms with van der Waals surface area (Å²) in [5.41, 5.74) is -0.0319. The predicted molar refractivity (Wildman–Crippen MR) is 89.6 cm³/mol. The Kier molecular flexibility index (Phi) is 5.31. The molecule has 1 unspecified atom stereocenters. The third-order valence-electron chi connectivity index (χ3n) is 3.23. The molecule has 1 aliphatic rings. The smallest absolute Gasteiger partial charge is 0.270 e. The van der Waals surface area contributed by atoms with Gasteiger partial charge in [-0.15, -0.1) is 10.2 Å². The van der Waals surface area contributed by atoms with Gasteiger partial charge in [0.2, 0.25) is 5.13 Å². The molecule has 0 radical (unpaired) electrons. The molecule has 23 heavy (non-hydrogen) atoms. The Morgan fingerprint density at radius 2 is 2.39 bits per heavy atom.